The number of hydrogen-bond acceptors (Lipinski definition) is 8. The van der Waals surface area contributed by atoms with Crippen LogP contribution < -0.4 is 14.2 Å². The van der Waals surface area contributed by atoms with E-state index in [4.69, 9.17) is 24.1 Å². The Morgan fingerprint density at radius 3 is 1.94 bits per heavy atom. The molecule has 1 saturated heterocycles. The summed E-state index contributed by atoms with van der Waals surface area (Å²) in [6.07, 6.45) is 2.06. The molecule has 0 bridgehead atoms. The molecule has 2 N–H and O–H groups in total. The quantitative estimate of drug-likeness (QED) is 0.589. The van der Waals surface area contributed by atoms with Crippen molar-refractivity contribution >= 4 is 17.5 Å². The summed E-state index contributed by atoms with van der Waals surface area (Å²) in [5.41, 5.74) is 0.280. The van der Waals surface area contributed by atoms with Gasteiger partial charge in [0, 0.05) is 11.1 Å². The lowest BCUT2D eigenvalue weighted by Gasteiger charge is -2.24. The molecule has 2 aromatic carbocycles. The number of carbonyl (C=O) groups excluding carboxylic acids is 2. The Bertz CT molecular complexity index is 1120. The van der Waals surface area contributed by atoms with E-state index in [1.165, 1.54) is 40.4 Å². The third-order valence-corrected chi connectivity index (χ3v) is 5.95. The Morgan fingerprint density at radius 2 is 1.50 bits per heavy atom. The standard InChI is InChI=1S/C19H16O7.C6H12O2/c1-8-13-9(7-12(26-4)14(8)19(22)23)17(20)15-10(24-2)5-6-11(25-3)16(15)18(13)21;1-5-2-3-6(7)4-8-5/h5-7H,1-4H3,(H,22,23);5-7H,2-4H2,1H3/t;5-,6?/m.1/s1. The molecule has 34 heavy (non-hydrogen) atoms. The summed E-state index contributed by atoms with van der Waals surface area (Å²) in [4.78, 5) is 37.9. The molecule has 0 spiro atoms. The highest BCUT2D eigenvalue weighted by Gasteiger charge is 2.38. The van der Waals surface area contributed by atoms with Crippen LogP contribution in [0.2, 0.25) is 0 Å². The number of methoxy groups -OCH3 is 3. The summed E-state index contributed by atoms with van der Waals surface area (Å²) in [5.74, 6) is -1.72. The number of carbonyl (C=O) groups is 3. The second kappa shape index (κ2) is 10.2. The molecule has 9 nitrogen and oxygen atoms in total. The second-order valence-electron chi connectivity index (χ2n) is 8.06. The molecule has 1 aliphatic carbocycles. The third kappa shape index (κ3) is 4.49. The zero-order chi connectivity index (χ0) is 25.2. The molecule has 1 unspecified atom stereocenters. The number of carboxylic acids is 1. The van der Waals surface area contributed by atoms with Crippen LogP contribution >= 0.6 is 0 Å². The fourth-order valence-corrected chi connectivity index (χ4v) is 4.17. The molecular weight excluding hydrogens is 444 g/mol. The van der Waals surface area contributed by atoms with Gasteiger partial charge in [0.2, 0.25) is 0 Å². The van der Waals surface area contributed by atoms with Crippen LogP contribution in [-0.2, 0) is 4.74 Å². The van der Waals surface area contributed by atoms with Gasteiger partial charge >= 0.3 is 5.97 Å². The van der Waals surface area contributed by atoms with E-state index >= 15 is 0 Å². The van der Waals surface area contributed by atoms with Crippen molar-refractivity contribution in [2.45, 2.75) is 38.9 Å². The molecule has 2 atom stereocenters. The summed E-state index contributed by atoms with van der Waals surface area (Å²) in [5, 5.41) is 18.4. The molecule has 1 fully saturated rings. The van der Waals surface area contributed by atoms with E-state index in [9.17, 15) is 19.5 Å². The van der Waals surface area contributed by atoms with Gasteiger partial charge < -0.3 is 29.2 Å². The topological polar surface area (TPSA) is 129 Å². The molecule has 2 aromatic rings. The number of ether oxygens (including phenoxy) is 4. The van der Waals surface area contributed by atoms with Gasteiger partial charge in [-0.15, -0.1) is 0 Å². The van der Waals surface area contributed by atoms with Crippen molar-refractivity contribution in [1.82, 2.24) is 0 Å². The molecule has 0 aromatic heterocycles. The maximum absolute atomic E-state index is 13.2. The normalized spacial score (nSPS) is 18.8. The van der Waals surface area contributed by atoms with Crippen LogP contribution in [0, 0.1) is 6.92 Å². The Balaban J connectivity index is 0.000000343. The van der Waals surface area contributed by atoms with Gasteiger partial charge in [0.15, 0.2) is 11.6 Å². The zero-order valence-electron chi connectivity index (χ0n) is 19.8. The number of hydrogen-bond donors (Lipinski definition) is 2. The highest BCUT2D eigenvalue weighted by molar-refractivity contribution is 6.31. The van der Waals surface area contributed by atoms with Crippen LogP contribution in [0.5, 0.6) is 17.2 Å². The summed E-state index contributed by atoms with van der Waals surface area (Å²) < 4.78 is 20.7. The van der Waals surface area contributed by atoms with Crippen LogP contribution in [0.3, 0.4) is 0 Å². The van der Waals surface area contributed by atoms with Gasteiger partial charge in [-0.1, -0.05) is 0 Å². The third-order valence-electron chi connectivity index (χ3n) is 5.95. The van der Waals surface area contributed by atoms with Gasteiger partial charge in [-0.2, -0.15) is 0 Å². The molecule has 0 amide bonds. The average Bonchev–Trinajstić information content (AvgIpc) is 2.82. The van der Waals surface area contributed by atoms with Gasteiger partial charge in [0.1, 0.15) is 22.8 Å². The van der Waals surface area contributed by atoms with Gasteiger partial charge in [0.05, 0.1) is 51.3 Å². The molecule has 9 heteroatoms. The Labute approximate surface area is 197 Å². The Hall–Kier alpha value is -3.43. The van der Waals surface area contributed by atoms with Crippen LogP contribution in [0.25, 0.3) is 0 Å². The highest BCUT2D eigenvalue weighted by Crippen LogP contribution is 2.41. The van der Waals surface area contributed by atoms with E-state index in [1.807, 2.05) is 6.92 Å². The first kappa shape index (κ1) is 25.2. The first-order chi connectivity index (χ1) is 16.2. The number of carboxylic acid groups (broad SMARTS) is 1. The van der Waals surface area contributed by atoms with Crippen molar-refractivity contribution < 1.29 is 43.5 Å². The van der Waals surface area contributed by atoms with Crippen LogP contribution in [0.1, 0.15) is 67.5 Å². The van der Waals surface area contributed by atoms with E-state index in [0.717, 1.165) is 12.8 Å². The van der Waals surface area contributed by atoms with E-state index in [-0.39, 0.29) is 56.7 Å². The summed E-state index contributed by atoms with van der Waals surface area (Å²) in [7, 11) is 4.09. The van der Waals surface area contributed by atoms with Crippen molar-refractivity contribution in [3.05, 3.63) is 51.6 Å². The monoisotopic (exact) mass is 472 g/mol. The maximum atomic E-state index is 13.2. The van der Waals surface area contributed by atoms with Gasteiger partial charge in [-0.05, 0) is 50.5 Å². The van der Waals surface area contributed by atoms with Crippen molar-refractivity contribution in [1.29, 1.82) is 0 Å². The molecule has 1 aliphatic heterocycles. The fourth-order valence-electron chi connectivity index (χ4n) is 4.17. The van der Waals surface area contributed by atoms with Gasteiger partial charge in [0.25, 0.3) is 0 Å². The number of rotatable bonds is 4. The predicted molar refractivity (Wildman–Crippen MR) is 122 cm³/mol. The first-order valence-electron chi connectivity index (χ1n) is 10.7. The minimum absolute atomic E-state index is 0.0141. The van der Waals surface area contributed by atoms with E-state index in [2.05, 4.69) is 0 Å². The minimum Gasteiger partial charge on any atom is -0.496 e. The average molecular weight is 472 g/mol. The number of ketones is 2. The predicted octanol–water partition coefficient (Wildman–Crippen LogP) is 3.04. The molecule has 2 aliphatic rings. The van der Waals surface area contributed by atoms with Crippen molar-refractivity contribution in [3.8, 4) is 17.2 Å². The van der Waals surface area contributed by atoms with E-state index in [1.54, 1.807) is 6.07 Å². The summed E-state index contributed by atoms with van der Waals surface area (Å²) in [6.45, 7) is 4.04. The second-order valence-corrected chi connectivity index (χ2v) is 8.06. The van der Waals surface area contributed by atoms with Crippen LogP contribution in [0.4, 0.5) is 0 Å². The SMILES string of the molecule is COc1cc2c(c(C)c1C(=O)O)C(=O)c1c(OC)ccc(OC)c1C2=O.C[C@@H]1CCC(O)CO1. The van der Waals surface area contributed by atoms with Crippen molar-refractivity contribution in [2.24, 2.45) is 0 Å². The molecule has 1 heterocycles. The number of aliphatic hydroxyl groups excluding tert-OH is 1. The number of aromatic carboxylic acids is 1. The van der Waals surface area contributed by atoms with E-state index in [0.29, 0.717) is 12.7 Å². The largest absolute Gasteiger partial charge is 0.496 e. The number of fused-ring (bicyclic) bond motifs is 2. The molecule has 4 rings (SSSR count). The minimum atomic E-state index is -1.24. The lowest BCUT2D eigenvalue weighted by molar-refractivity contribution is -0.0472. The number of benzene rings is 2. The smallest absolute Gasteiger partial charge is 0.339 e. The fraction of sp³-hybridized carbons (Fsp3) is 0.400. The summed E-state index contributed by atoms with van der Waals surface area (Å²) >= 11 is 0. The number of aliphatic hydroxyl groups is 1. The van der Waals surface area contributed by atoms with Crippen molar-refractivity contribution in [2.75, 3.05) is 27.9 Å². The Kier molecular flexibility index (Phi) is 7.58. The maximum Gasteiger partial charge on any atom is 0.339 e. The van der Waals surface area contributed by atoms with E-state index < -0.39 is 17.5 Å². The van der Waals surface area contributed by atoms with Crippen molar-refractivity contribution in [3.63, 3.8) is 0 Å². The van der Waals surface area contributed by atoms with Gasteiger partial charge in [-0.3, -0.25) is 9.59 Å². The Morgan fingerprint density at radius 1 is 0.941 bits per heavy atom. The zero-order valence-corrected chi connectivity index (χ0v) is 19.8. The van der Waals surface area contributed by atoms with Crippen LogP contribution in [-0.4, -0.2) is 67.9 Å². The molecule has 0 radical (unpaired) electrons. The highest BCUT2D eigenvalue weighted by atomic mass is 16.5. The lowest BCUT2D eigenvalue weighted by atomic mass is 9.79. The first-order valence-corrected chi connectivity index (χ1v) is 10.7. The molecule has 0 saturated carbocycles. The molecule has 182 valence electrons. The van der Waals surface area contributed by atoms with Crippen LogP contribution in [0.15, 0.2) is 18.2 Å². The molecular formula is C25H28O9. The summed E-state index contributed by atoms with van der Waals surface area (Å²) in [6, 6.07) is 4.36. The lowest BCUT2D eigenvalue weighted by Crippen LogP contribution is -2.26. The van der Waals surface area contributed by atoms with Gasteiger partial charge in [-0.25, -0.2) is 4.79 Å².